The van der Waals surface area contributed by atoms with Gasteiger partial charge in [-0.05, 0) is 50.4 Å². The first-order valence-corrected chi connectivity index (χ1v) is 9.95. The van der Waals surface area contributed by atoms with Gasteiger partial charge in [0.1, 0.15) is 0 Å². The van der Waals surface area contributed by atoms with Crippen LogP contribution in [0, 0.1) is 23.7 Å². The van der Waals surface area contributed by atoms with Crippen LogP contribution in [0.1, 0.15) is 64.7 Å². The van der Waals surface area contributed by atoms with Crippen molar-refractivity contribution in [1.82, 2.24) is 0 Å². The highest BCUT2D eigenvalue weighted by Gasteiger charge is 2.41. The summed E-state index contributed by atoms with van der Waals surface area (Å²) in [7, 11) is 0. The second kappa shape index (κ2) is 10.1. The zero-order chi connectivity index (χ0) is 18.2. The van der Waals surface area contributed by atoms with Crippen molar-refractivity contribution in [1.29, 1.82) is 0 Å². The molecule has 0 aromatic rings. The highest BCUT2D eigenvalue weighted by atomic mass is 16.4. The zero-order valence-corrected chi connectivity index (χ0v) is 15.4. The molecule has 0 aromatic heterocycles. The van der Waals surface area contributed by atoms with Gasteiger partial charge in [0.15, 0.2) is 0 Å². The summed E-state index contributed by atoms with van der Waals surface area (Å²) in [5.41, 5.74) is 0. The van der Waals surface area contributed by atoms with Gasteiger partial charge in [-0.3, -0.25) is 4.79 Å². The first-order chi connectivity index (χ1) is 12.0. The number of aliphatic hydroxyl groups excluding tert-OH is 2. The fourth-order valence-electron chi connectivity index (χ4n) is 3.95. The Hall–Kier alpha value is -1.13. The Balaban J connectivity index is 1.73. The van der Waals surface area contributed by atoms with Crippen LogP contribution in [0.3, 0.4) is 0 Å². The van der Waals surface area contributed by atoms with Crippen LogP contribution in [0.5, 0.6) is 0 Å². The Kier molecular flexibility index (Phi) is 8.17. The van der Waals surface area contributed by atoms with Gasteiger partial charge < -0.3 is 15.3 Å². The maximum atomic E-state index is 10.8. The van der Waals surface area contributed by atoms with E-state index >= 15 is 0 Å². The van der Waals surface area contributed by atoms with Crippen LogP contribution in [0.4, 0.5) is 0 Å². The van der Waals surface area contributed by atoms with Gasteiger partial charge in [-0.25, -0.2) is 0 Å². The SMILES string of the molecule is CCCCC[C@@H](O)C=C[C@@H]1[C@@H](CC=CCC2CC2C(=O)O)CC[C@H]1O. The third-order valence-electron chi connectivity index (χ3n) is 5.76. The van der Waals surface area contributed by atoms with Gasteiger partial charge in [0.05, 0.1) is 18.1 Å². The molecule has 0 spiro atoms. The Morgan fingerprint density at radius 3 is 2.52 bits per heavy atom. The minimum atomic E-state index is -0.667. The summed E-state index contributed by atoms with van der Waals surface area (Å²) in [5, 5.41) is 29.2. The first-order valence-electron chi connectivity index (χ1n) is 9.95. The number of rotatable bonds is 11. The molecular formula is C21H34O4. The van der Waals surface area contributed by atoms with Crippen molar-refractivity contribution in [3.63, 3.8) is 0 Å². The van der Waals surface area contributed by atoms with Crippen LogP contribution in [-0.2, 0) is 4.79 Å². The van der Waals surface area contributed by atoms with Crippen LogP contribution in [-0.4, -0.2) is 33.5 Å². The molecule has 142 valence electrons. The van der Waals surface area contributed by atoms with Gasteiger partial charge in [-0.15, -0.1) is 0 Å². The number of allylic oxidation sites excluding steroid dienone is 2. The van der Waals surface area contributed by atoms with Gasteiger partial charge in [-0.2, -0.15) is 0 Å². The van der Waals surface area contributed by atoms with E-state index in [1.54, 1.807) is 0 Å². The molecule has 3 N–H and O–H groups in total. The average molecular weight is 350 g/mol. The number of hydrogen-bond donors (Lipinski definition) is 3. The lowest BCUT2D eigenvalue weighted by Gasteiger charge is -2.18. The van der Waals surface area contributed by atoms with Crippen molar-refractivity contribution >= 4 is 5.97 Å². The molecule has 0 bridgehead atoms. The van der Waals surface area contributed by atoms with Crippen molar-refractivity contribution in [2.75, 3.05) is 0 Å². The highest BCUT2D eigenvalue weighted by Crippen LogP contribution is 2.42. The summed E-state index contributed by atoms with van der Waals surface area (Å²) >= 11 is 0. The van der Waals surface area contributed by atoms with E-state index in [-0.39, 0.29) is 17.9 Å². The smallest absolute Gasteiger partial charge is 0.306 e. The summed E-state index contributed by atoms with van der Waals surface area (Å²) in [6.07, 6.45) is 16.0. The molecule has 4 nitrogen and oxygen atoms in total. The minimum Gasteiger partial charge on any atom is -0.481 e. The predicted molar refractivity (Wildman–Crippen MR) is 99.1 cm³/mol. The first kappa shape index (κ1) is 20.2. The molecule has 2 rings (SSSR count). The molecule has 0 heterocycles. The lowest BCUT2D eigenvalue weighted by molar-refractivity contribution is -0.138. The van der Waals surface area contributed by atoms with E-state index < -0.39 is 12.1 Å². The van der Waals surface area contributed by atoms with Crippen LogP contribution < -0.4 is 0 Å². The minimum absolute atomic E-state index is 0.123. The molecule has 0 radical (unpaired) electrons. The molecule has 2 aliphatic rings. The standard InChI is InChI=1S/C21H34O4/c1-2-3-4-9-17(22)11-12-18-15(10-13-20(18)23)7-5-6-8-16-14-19(16)21(24)25/h5-6,11-12,15-20,22-23H,2-4,7-10,13-14H2,1H3,(H,24,25)/t15-,16?,17+,18+,19?,20+/m0/s1. The maximum Gasteiger partial charge on any atom is 0.306 e. The highest BCUT2D eigenvalue weighted by molar-refractivity contribution is 5.73. The van der Waals surface area contributed by atoms with Gasteiger partial charge in [0.2, 0.25) is 0 Å². The van der Waals surface area contributed by atoms with Crippen molar-refractivity contribution < 1.29 is 20.1 Å². The fourth-order valence-corrected chi connectivity index (χ4v) is 3.95. The monoisotopic (exact) mass is 350 g/mol. The van der Waals surface area contributed by atoms with E-state index in [2.05, 4.69) is 19.1 Å². The van der Waals surface area contributed by atoms with Crippen molar-refractivity contribution in [2.24, 2.45) is 23.7 Å². The van der Waals surface area contributed by atoms with Gasteiger partial charge in [-0.1, -0.05) is 50.5 Å². The van der Waals surface area contributed by atoms with Crippen molar-refractivity contribution in [3.8, 4) is 0 Å². The molecule has 2 aliphatic carbocycles. The lowest BCUT2D eigenvalue weighted by Crippen LogP contribution is -2.17. The third kappa shape index (κ3) is 6.59. The van der Waals surface area contributed by atoms with Gasteiger partial charge >= 0.3 is 5.97 Å². The number of aliphatic hydroxyl groups is 2. The van der Waals surface area contributed by atoms with Crippen LogP contribution in [0.15, 0.2) is 24.3 Å². The van der Waals surface area contributed by atoms with Crippen LogP contribution in [0.25, 0.3) is 0 Å². The van der Waals surface area contributed by atoms with E-state index in [0.29, 0.717) is 11.8 Å². The summed E-state index contributed by atoms with van der Waals surface area (Å²) < 4.78 is 0. The molecule has 0 saturated heterocycles. The number of aliphatic carboxylic acids is 1. The molecular weight excluding hydrogens is 316 g/mol. The molecule has 6 atom stereocenters. The van der Waals surface area contributed by atoms with Gasteiger partial charge in [0.25, 0.3) is 0 Å². The maximum absolute atomic E-state index is 10.8. The molecule has 2 unspecified atom stereocenters. The summed E-state index contributed by atoms with van der Waals surface area (Å²) in [6, 6.07) is 0. The molecule has 0 aromatic carbocycles. The molecule has 2 fully saturated rings. The summed E-state index contributed by atoms with van der Waals surface area (Å²) in [5.74, 6) is 0.0534. The second-order valence-corrected chi connectivity index (χ2v) is 7.81. The quantitative estimate of drug-likeness (QED) is 0.390. The van der Waals surface area contributed by atoms with Crippen LogP contribution >= 0.6 is 0 Å². The Bertz CT molecular complexity index is 471. The number of carboxylic acids is 1. The van der Waals surface area contributed by atoms with Crippen molar-refractivity contribution in [2.45, 2.75) is 76.9 Å². The number of unbranched alkanes of at least 4 members (excludes halogenated alkanes) is 2. The molecule has 2 saturated carbocycles. The Morgan fingerprint density at radius 1 is 1.16 bits per heavy atom. The lowest BCUT2D eigenvalue weighted by atomic mass is 9.90. The number of carbonyl (C=O) groups is 1. The molecule has 4 heteroatoms. The second-order valence-electron chi connectivity index (χ2n) is 7.81. The van der Waals surface area contributed by atoms with Gasteiger partial charge in [0, 0.05) is 5.92 Å². The van der Waals surface area contributed by atoms with E-state index in [1.165, 1.54) is 0 Å². The number of carboxylic acid groups (broad SMARTS) is 1. The predicted octanol–water partition coefficient (Wildman–Crippen LogP) is 3.93. The van der Waals surface area contributed by atoms with E-state index in [9.17, 15) is 15.0 Å². The Labute approximate surface area is 151 Å². The molecule has 0 aliphatic heterocycles. The largest absolute Gasteiger partial charge is 0.481 e. The van der Waals surface area contributed by atoms with E-state index in [0.717, 1.165) is 57.8 Å². The number of hydrogen-bond acceptors (Lipinski definition) is 3. The Morgan fingerprint density at radius 2 is 1.88 bits per heavy atom. The van der Waals surface area contributed by atoms with Crippen LogP contribution in [0.2, 0.25) is 0 Å². The summed E-state index contributed by atoms with van der Waals surface area (Å²) in [4.78, 5) is 10.8. The van der Waals surface area contributed by atoms with E-state index in [4.69, 9.17) is 5.11 Å². The van der Waals surface area contributed by atoms with Crippen molar-refractivity contribution in [3.05, 3.63) is 24.3 Å². The van der Waals surface area contributed by atoms with E-state index in [1.807, 2.05) is 12.2 Å². The average Bonchev–Trinajstić information content (AvgIpc) is 3.28. The normalized spacial score (nSPS) is 33.3. The molecule has 0 amide bonds. The topological polar surface area (TPSA) is 77.8 Å². The molecule has 25 heavy (non-hydrogen) atoms. The summed E-state index contributed by atoms with van der Waals surface area (Å²) in [6.45, 7) is 2.15. The fraction of sp³-hybridized carbons (Fsp3) is 0.762. The third-order valence-corrected chi connectivity index (χ3v) is 5.76. The zero-order valence-electron chi connectivity index (χ0n) is 15.4.